The van der Waals surface area contributed by atoms with E-state index in [9.17, 15) is 5.11 Å². The minimum atomic E-state index is 0.0425. The van der Waals surface area contributed by atoms with Gasteiger partial charge in [-0.25, -0.2) is 0 Å². The summed E-state index contributed by atoms with van der Waals surface area (Å²) >= 11 is 0. The van der Waals surface area contributed by atoms with Gasteiger partial charge in [0.25, 0.3) is 0 Å². The van der Waals surface area contributed by atoms with Crippen LogP contribution in [0.3, 0.4) is 0 Å². The first-order valence-electron chi connectivity index (χ1n) is 7.12. The van der Waals surface area contributed by atoms with E-state index in [1.807, 2.05) is 0 Å². The molecule has 0 bridgehead atoms. The maximum Gasteiger partial charge on any atom is 0.0724 e. The molecule has 1 rings (SSSR count). The SMILES string of the molecule is COC1CN(C(CO)C(N)CC(C)C)CCC1C. The number of methoxy groups -OCH3 is 1. The van der Waals surface area contributed by atoms with Crippen LogP contribution in [0.2, 0.25) is 0 Å². The van der Waals surface area contributed by atoms with Crippen molar-refractivity contribution in [2.24, 2.45) is 17.6 Å². The second kappa shape index (κ2) is 7.43. The fourth-order valence-corrected chi connectivity index (χ4v) is 2.89. The van der Waals surface area contributed by atoms with Crippen molar-refractivity contribution in [2.75, 3.05) is 26.8 Å². The lowest BCUT2D eigenvalue weighted by Crippen LogP contribution is -2.56. The largest absolute Gasteiger partial charge is 0.395 e. The fraction of sp³-hybridized carbons (Fsp3) is 1.00. The lowest BCUT2D eigenvalue weighted by atomic mass is 9.91. The van der Waals surface area contributed by atoms with Crippen LogP contribution in [0.4, 0.5) is 0 Å². The molecule has 1 aliphatic heterocycles. The van der Waals surface area contributed by atoms with Gasteiger partial charge in [0.2, 0.25) is 0 Å². The van der Waals surface area contributed by atoms with E-state index in [4.69, 9.17) is 10.5 Å². The highest BCUT2D eigenvalue weighted by molar-refractivity contribution is 4.88. The molecule has 0 saturated carbocycles. The molecule has 1 heterocycles. The Morgan fingerprint density at radius 2 is 2.11 bits per heavy atom. The van der Waals surface area contributed by atoms with Crippen LogP contribution < -0.4 is 5.73 Å². The van der Waals surface area contributed by atoms with Crippen LogP contribution in [0.1, 0.15) is 33.6 Å². The Labute approximate surface area is 111 Å². The standard InChI is InChI=1S/C14H30N2O2/c1-10(2)7-12(15)13(9-17)16-6-5-11(3)14(8-16)18-4/h10-14,17H,5-9,15H2,1-4H3. The van der Waals surface area contributed by atoms with E-state index >= 15 is 0 Å². The highest BCUT2D eigenvalue weighted by Crippen LogP contribution is 2.22. The number of ether oxygens (including phenoxy) is 1. The topological polar surface area (TPSA) is 58.7 Å². The highest BCUT2D eigenvalue weighted by atomic mass is 16.5. The summed E-state index contributed by atoms with van der Waals surface area (Å²) in [7, 11) is 1.77. The molecule has 3 N–H and O–H groups in total. The molecule has 0 amide bonds. The molecule has 18 heavy (non-hydrogen) atoms. The molecule has 4 heteroatoms. The third-order valence-corrected chi connectivity index (χ3v) is 4.12. The first-order chi connectivity index (χ1) is 8.49. The van der Waals surface area contributed by atoms with E-state index in [1.165, 1.54) is 0 Å². The summed E-state index contributed by atoms with van der Waals surface area (Å²) in [6.45, 7) is 8.61. The Morgan fingerprint density at radius 3 is 2.61 bits per heavy atom. The number of rotatable bonds is 6. The van der Waals surface area contributed by atoms with Gasteiger partial charge in [0.05, 0.1) is 12.7 Å². The predicted molar refractivity (Wildman–Crippen MR) is 74.5 cm³/mol. The second-order valence-corrected chi connectivity index (χ2v) is 6.08. The van der Waals surface area contributed by atoms with E-state index in [1.54, 1.807) is 7.11 Å². The van der Waals surface area contributed by atoms with Crippen LogP contribution in [0, 0.1) is 11.8 Å². The summed E-state index contributed by atoms with van der Waals surface area (Å²) < 4.78 is 5.53. The fourth-order valence-electron chi connectivity index (χ4n) is 2.89. The van der Waals surface area contributed by atoms with Gasteiger partial charge in [-0.2, -0.15) is 0 Å². The molecular weight excluding hydrogens is 228 g/mol. The Bertz CT molecular complexity index is 236. The smallest absolute Gasteiger partial charge is 0.0724 e. The first-order valence-corrected chi connectivity index (χ1v) is 7.12. The van der Waals surface area contributed by atoms with E-state index < -0.39 is 0 Å². The number of hydrogen-bond donors (Lipinski definition) is 2. The number of piperidine rings is 1. The molecule has 1 saturated heterocycles. The molecule has 4 unspecified atom stereocenters. The summed E-state index contributed by atoms with van der Waals surface area (Å²) in [4.78, 5) is 2.31. The van der Waals surface area contributed by atoms with Crippen molar-refractivity contribution in [2.45, 2.75) is 51.8 Å². The summed E-state index contributed by atoms with van der Waals surface area (Å²) in [5.74, 6) is 1.16. The molecule has 0 aromatic heterocycles. The van der Waals surface area contributed by atoms with Crippen molar-refractivity contribution >= 4 is 0 Å². The normalized spacial score (nSPS) is 29.5. The van der Waals surface area contributed by atoms with Gasteiger partial charge in [-0.05, 0) is 31.2 Å². The lowest BCUT2D eigenvalue weighted by molar-refractivity contribution is -0.0325. The summed E-state index contributed by atoms with van der Waals surface area (Å²) in [6.07, 6.45) is 2.33. The molecule has 1 fully saturated rings. The van der Waals surface area contributed by atoms with Gasteiger partial charge in [0.1, 0.15) is 0 Å². The molecule has 0 aromatic rings. The molecule has 1 aliphatic rings. The summed E-state index contributed by atoms with van der Waals surface area (Å²) in [5, 5.41) is 9.62. The van der Waals surface area contributed by atoms with Crippen LogP contribution in [-0.4, -0.2) is 55.0 Å². The number of nitrogens with zero attached hydrogens (tertiary/aromatic N) is 1. The minimum absolute atomic E-state index is 0.0425. The second-order valence-electron chi connectivity index (χ2n) is 6.08. The Hall–Kier alpha value is -0.160. The molecule has 0 radical (unpaired) electrons. The number of hydrogen-bond acceptors (Lipinski definition) is 4. The Kier molecular flexibility index (Phi) is 6.57. The molecule has 0 spiro atoms. The zero-order chi connectivity index (χ0) is 13.7. The van der Waals surface area contributed by atoms with Crippen LogP contribution in [0.25, 0.3) is 0 Å². The minimum Gasteiger partial charge on any atom is -0.395 e. The third-order valence-electron chi connectivity index (χ3n) is 4.12. The number of aliphatic hydroxyl groups excluding tert-OH is 1. The summed E-state index contributed by atoms with van der Waals surface area (Å²) in [5.41, 5.74) is 6.24. The van der Waals surface area contributed by atoms with E-state index in [0.717, 1.165) is 25.9 Å². The summed E-state index contributed by atoms with van der Waals surface area (Å²) in [6, 6.07) is 0.110. The highest BCUT2D eigenvalue weighted by Gasteiger charge is 2.32. The van der Waals surface area contributed by atoms with Gasteiger partial charge >= 0.3 is 0 Å². The number of aliphatic hydroxyl groups is 1. The average Bonchev–Trinajstić information content (AvgIpc) is 2.31. The maximum atomic E-state index is 9.62. The predicted octanol–water partition coefficient (Wildman–Crippen LogP) is 1.08. The maximum absolute atomic E-state index is 9.62. The van der Waals surface area contributed by atoms with Gasteiger partial charge in [-0.15, -0.1) is 0 Å². The van der Waals surface area contributed by atoms with E-state index in [0.29, 0.717) is 11.8 Å². The van der Waals surface area contributed by atoms with Crippen molar-refractivity contribution in [3.63, 3.8) is 0 Å². The van der Waals surface area contributed by atoms with E-state index in [2.05, 4.69) is 25.7 Å². The lowest BCUT2D eigenvalue weighted by Gasteiger charge is -2.42. The number of nitrogens with two attached hydrogens (primary N) is 1. The van der Waals surface area contributed by atoms with Crippen molar-refractivity contribution in [3.05, 3.63) is 0 Å². The Balaban J connectivity index is 2.59. The average molecular weight is 258 g/mol. The van der Waals surface area contributed by atoms with Crippen LogP contribution in [-0.2, 0) is 4.74 Å². The molecular formula is C14H30N2O2. The zero-order valence-corrected chi connectivity index (χ0v) is 12.3. The van der Waals surface area contributed by atoms with Gasteiger partial charge in [0, 0.05) is 25.7 Å². The van der Waals surface area contributed by atoms with Gasteiger partial charge in [-0.3, -0.25) is 4.90 Å². The molecule has 0 aliphatic carbocycles. The van der Waals surface area contributed by atoms with Crippen molar-refractivity contribution in [3.8, 4) is 0 Å². The third kappa shape index (κ3) is 4.19. The first kappa shape index (κ1) is 15.9. The Morgan fingerprint density at radius 1 is 1.44 bits per heavy atom. The monoisotopic (exact) mass is 258 g/mol. The molecule has 108 valence electrons. The number of likely N-dealkylation sites (tertiary alicyclic amines) is 1. The van der Waals surface area contributed by atoms with Gasteiger partial charge in [0.15, 0.2) is 0 Å². The molecule has 4 atom stereocenters. The quantitative estimate of drug-likeness (QED) is 0.748. The molecule has 0 aromatic carbocycles. The van der Waals surface area contributed by atoms with Gasteiger partial charge in [-0.1, -0.05) is 20.8 Å². The van der Waals surface area contributed by atoms with Gasteiger partial charge < -0.3 is 15.6 Å². The van der Waals surface area contributed by atoms with Crippen LogP contribution >= 0.6 is 0 Å². The van der Waals surface area contributed by atoms with Crippen molar-refractivity contribution in [1.82, 2.24) is 4.90 Å². The van der Waals surface area contributed by atoms with E-state index in [-0.39, 0.29) is 24.8 Å². The van der Waals surface area contributed by atoms with Crippen molar-refractivity contribution in [1.29, 1.82) is 0 Å². The van der Waals surface area contributed by atoms with Crippen LogP contribution in [0.15, 0.2) is 0 Å². The van der Waals surface area contributed by atoms with Crippen LogP contribution in [0.5, 0.6) is 0 Å². The zero-order valence-electron chi connectivity index (χ0n) is 12.3. The molecule has 4 nitrogen and oxygen atoms in total. The van der Waals surface area contributed by atoms with Crippen molar-refractivity contribution < 1.29 is 9.84 Å².